The van der Waals surface area contributed by atoms with Gasteiger partial charge in [-0.25, -0.2) is 18.7 Å². The summed E-state index contributed by atoms with van der Waals surface area (Å²) in [4.78, 5) is 23.9. The molecule has 1 aliphatic rings. The highest BCUT2D eigenvalue weighted by Crippen LogP contribution is 2.26. The molecule has 4 aromatic rings. The van der Waals surface area contributed by atoms with Crippen LogP contribution in [0.4, 0.5) is 26.0 Å². The van der Waals surface area contributed by atoms with E-state index in [4.69, 9.17) is 10.5 Å². The van der Waals surface area contributed by atoms with E-state index in [-0.39, 0.29) is 6.54 Å². The fraction of sp³-hybridized carbons (Fsp3) is 0.308. The van der Waals surface area contributed by atoms with Crippen molar-refractivity contribution in [3.8, 4) is 5.75 Å². The zero-order valence-corrected chi connectivity index (χ0v) is 20.7. The predicted octanol–water partition coefficient (Wildman–Crippen LogP) is 2.92. The van der Waals surface area contributed by atoms with E-state index in [0.29, 0.717) is 42.6 Å². The van der Waals surface area contributed by atoms with Gasteiger partial charge in [0.1, 0.15) is 24.4 Å². The minimum Gasteiger partial charge on any atom is -0.493 e. The number of aromatic nitrogens is 4. The summed E-state index contributed by atoms with van der Waals surface area (Å²) in [5.74, 6) is -0.752. The summed E-state index contributed by atoms with van der Waals surface area (Å²) in [7, 11) is 0. The standard InChI is InChI=1S/C26H28F2N8O2/c27-21-3-1-4-23(25(21)28)35-10-8-34(9-11-35)7-2-12-38-19-5-6-20-22(13-19)30-17-31-26(20)33-18-14-32-36(15-18)16-24(29)37/h1,3-6,13-15,17H,2,7-12,16H2,(H2,29,37)(H,30,31,33). The van der Waals surface area contributed by atoms with Crippen molar-refractivity contribution >= 4 is 34.0 Å². The number of nitrogens with zero attached hydrogens (tertiary/aromatic N) is 6. The van der Waals surface area contributed by atoms with Crippen molar-refractivity contribution in [2.24, 2.45) is 5.73 Å². The summed E-state index contributed by atoms with van der Waals surface area (Å²) in [6.07, 6.45) is 5.57. The summed E-state index contributed by atoms with van der Waals surface area (Å²) in [5.41, 5.74) is 6.94. The summed E-state index contributed by atoms with van der Waals surface area (Å²) < 4.78 is 35.0. The highest BCUT2D eigenvalue weighted by Gasteiger charge is 2.20. The maximum Gasteiger partial charge on any atom is 0.239 e. The Balaban J connectivity index is 1.10. The Kier molecular flexibility index (Phi) is 7.59. The summed E-state index contributed by atoms with van der Waals surface area (Å²) in [6, 6.07) is 9.93. The number of benzene rings is 2. The van der Waals surface area contributed by atoms with Crippen LogP contribution in [0.25, 0.3) is 10.9 Å². The smallest absolute Gasteiger partial charge is 0.239 e. The average molecular weight is 523 g/mol. The highest BCUT2D eigenvalue weighted by molar-refractivity contribution is 5.91. The third-order valence-corrected chi connectivity index (χ3v) is 6.35. The number of fused-ring (bicyclic) bond motifs is 1. The van der Waals surface area contributed by atoms with E-state index in [9.17, 15) is 13.6 Å². The van der Waals surface area contributed by atoms with Crippen LogP contribution in [-0.2, 0) is 11.3 Å². The molecule has 0 aliphatic carbocycles. The number of hydrogen-bond donors (Lipinski definition) is 2. The SMILES string of the molecule is NC(=O)Cn1cc(Nc2ncnc3cc(OCCCN4CCN(c5cccc(F)c5F)CC4)ccc23)cn1. The van der Waals surface area contributed by atoms with Gasteiger partial charge in [-0.1, -0.05) is 6.07 Å². The third-order valence-electron chi connectivity index (χ3n) is 6.35. The van der Waals surface area contributed by atoms with E-state index in [1.165, 1.54) is 17.1 Å². The average Bonchev–Trinajstić information content (AvgIpc) is 3.34. The number of nitrogens with one attached hydrogen (secondary N) is 1. The van der Waals surface area contributed by atoms with E-state index >= 15 is 0 Å². The molecular formula is C26H28F2N8O2. The van der Waals surface area contributed by atoms with E-state index < -0.39 is 17.5 Å². The van der Waals surface area contributed by atoms with Gasteiger partial charge < -0.3 is 20.7 Å². The van der Waals surface area contributed by atoms with Crippen LogP contribution in [0.3, 0.4) is 0 Å². The number of carbonyl (C=O) groups is 1. The van der Waals surface area contributed by atoms with Gasteiger partial charge in [0.2, 0.25) is 5.91 Å². The lowest BCUT2D eigenvalue weighted by Crippen LogP contribution is -2.47. The van der Waals surface area contributed by atoms with Crippen molar-refractivity contribution in [2.75, 3.05) is 49.5 Å². The van der Waals surface area contributed by atoms with E-state index in [1.54, 1.807) is 18.5 Å². The molecule has 2 aromatic heterocycles. The van der Waals surface area contributed by atoms with Crippen LogP contribution in [0.15, 0.2) is 55.1 Å². The lowest BCUT2D eigenvalue weighted by Gasteiger charge is -2.36. The first-order valence-electron chi connectivity index (χ1n) is 12.3. The monoisotopic (exact) mass is 522 g/mol. The number of carbonyl (C=O) groups excluding carboxylic acids is 1. The predicted molar refractivity (Wildman–Crippen MR) is 139 cm³/mol. The first-order valence-corrected chi connectivity index (χ1v) is 12.3. The zero-order chi connectivity index (χ0) is 26.5. The van der Waals surface area contributed by atoms with Gasteiger partial charge in [-0.15, -0.1) is 0 Å². The van der Waals surface area contributed by atoms with Gasteiger partial charge in [-0.05, 0) is 30.7 Å². The van der Waals surface area contributed by atoms with Crippen LogP contribution in [0, 0.1) is 11.6 Å². The van der Waals surface area contributed by atoms with Crippen molar-refractivity contribution in [3.05, 3.63) is 66.8 Å². The van der Waals surface area contributed by atoms with Crippen LogP contribution in [0.2, 0.25) is 0 Å². The molecule has 0 bridgehead atoms. The second kappa shape index (κ2) is 11.4. The molecule has 198 valence electrons. The molecule has 1 fully saturated rings. The van der Waals surface area contributed by atoms with Gasteiger partial charge in [0.05, 0.1) is 29.7 Å². The fourth-order valence-corrected chi connectivity index (χ4v) is 4.46. The quantitative estimate of drug-likeness (QED) is 0.306. The van der Waals surface area contributed by atoms with Gasteiger partial charge in [-0.3, -0.25) is 14.4 Å². The molecule has 0 atom stereocenters. The maximum atomic E-state index is 14.1. The number of hydrogen-bond acceptors (Lipinski definition) is 8. The van der Waals surface area contributed by atoms with E-state index in [2.05, 4.69) is 25.3 Å². The molecule has 0 spiro atoms. The Morgan fingerprint density at radius 3 is 2.76 bits per heavy atom. The topological polar surface area (TPSA) is 114 Å². The van der Waals surface area contributed by atoms with Crippen LogP contribution in [0.5, 0.6) is 5.75 Å². The summed E-state index contributed by atoms with van der Waals surface area (Å²) in [6.45, 7) is 4.24. The Hall–Kier alpha value is -4.32. The molecular weight excluding hydrogens is 494 g/mol. The van der Waals surface area contributed by atoms with Crippen molar-refractivity contribution in [2.45, 2.75) is 13.0 Å². The molecule has 0 unspecified atom stereocenters. The van der Waals surface area contributed by atoms with Crippen LogP contribution >= 0.6 is 0 Å². The normalized spacial score (nSPS) is 14.1. The number of halogens is 2. The molecule has 10 nitrogen and oxygen atoms in total. The van der Waals surface area contributed by atoms with Crippen LogP contribution in [-0.4, -0.2) is 69.9 Å². The molecule has 0 radical (unpaired) electrons. The third kappa shape index (κ3) is 5.97. The molecule has 0 saturated carbocycles. The van der Waals surface area contributed by atoms with Gasteiger partial charge >= 0.3 is 0 Å². The molecule has 12 heteroatoms. The molecule has 1 aliphatic heterocycles. The maximum absolute atomic E-state index is 14.1. The second-order valence-electron chi connectivity index (χ2n) is 9.02. The minimum atomic E-state index is -0.816. The Labute approximate surface area is 218 Å². The van der Waals surface area contributed by atoms with E-state index in [0.717, 1.165) is 43.0 Å². The molecule has 38 heavy (non-hydrogen) atoms. The first kappa shape index (κ1) is 25.3. The zero-order valence-electron chi connectivity index (χ0n) is 20.7. The van der Waals surface area contributed by atoms with Crippen LogP contribution < -0.4 is 20.7 Å². The molecule has 1 saturated heterocycles. The molecule has 1 amide bonds. The molecule has 3 heterocycles. The number of primary amides is 1. The Bertz CT molecular complexity index is 1420. The number of ether oxygens (including phenoxy) is 1. The number of piperazine rings is 1. The molecule has 2 aromatic carbocycles. The van der Waals surface area contributed by atoms with Gasteiger partial charge in [0.25, 0.3) is 0 Å². The summed E-state index contributed by atoms with van der Waals surface area (Å²) in [5, 5.41) is 8.11. The van der Waals surface area contributed by atoms with Crippen molar-refractivity contribution in [3.63, 3.8) is 0 Å². The lowest BCUT2D eigenvalue weighted by molar-refractivity contribution is -0.118. The fourth-order valence-electron chi connectivity index (χ4n) is 4.46. The van der Waals surface area contributed by atoms with Gasteiger partial charge in [0.15, 0.2) is 11.6 Å². The molecule has 3 N–H and O–H groups in total. The van der Waals surface area contributed by atoms with Crippen LogP contribution in [0.1, 0.15) is 6.42 Å². The lowest BCUT2D eigenvalue weighted by atomic mass is 10.2. The minimum absolute atomic E-state index is 0.00198. The van der Waals surface area contributed by atoms with Crippen molar-refractivity contribution < 1.29 is 18.3 Å². The second-order valence-corrected chi connectivity index (χ2v) is 9.02. The van der Waals surface area contributed by atoms with Gasteiger partial charge in [-0.2, -0.15) is 5.10 Å². The number of amides is 1. The van der Waals surface area contributed by atoms with Crippen molar-refractivity contribution in [1.82, 2.24) is 24.6 Å². The van der Waals surface area contributed by atoms with Gasteiger partial charge in [0, 0.05) is 50.4 Å². The number of anilines is 3. The molecule has 5 rings (SSSR count). The Morgan fingerprint density at radius 1 is 1.11 bits per heavy atom. The summed E-state index contributed by atoms with van der Waals surface area (Å²) >= 11 is 0. The van der Waals surface area contributed by atoms with Crippen molar-refractivity contribution in [1.29, 1.82) is 0 Å². The largest absolute Gasteiger partial charge is 0.493 e. The first-order chi connectivity index (χ1) is 18.5. The Morgan fingerprint density at radius 2 is 1.95 bits per heavy atom. The number of rotatable bonds is 10. The van der Waals surface area contributed by atoms with E-state index in [1.807, 2.05) is 23.1 Å². The highest BCUT2D eigenvalue weighted by atomic mass is 19.2. The number of nitrogens with two attached hydrogens (primary N) is 1.